The molecule has 0 saturated carbocycles. The van der Waals surface area contributed by atoms with E-state index in [4.69, 9.17) is 23.2 Å². The molecule has 84 valence electrons. The van der Waals surface area contributed by atoms with Gasteiger partial charge in [0.05, 0.1) is 17.4 Å². The lowest BCUT2D eigenvalue weighted by Crippen LogP contribution is -2.03. The topological polar surface area (TPSA) is 17.8 Å². The molecule has 0 atom stereocenters. The Morgan fingerprint density at radius 1 is 1.38 bits per heavy atom. The van der Waals surface area contributed by atoms with E-state index >= 15 is 0 Å². The number of hydrogen-bond donors (Lipinski definition) is 0. The van der Waals surface area contributed by atoms with Crippen LogP contribution < -0.4 is 0 Å². The van der Waals surface area contributed by atoms with Gasteiger partial charge in [-0.25, -0.2) is 9.37 Å². The van der Waals surface area contributed by atoms with Crippen molar-refractivity contribution in [2.45, 2.75) is 12.4 Å². The van der Waals surface area contributed by atoms with E-state index in [1.54, 1.807) is 24.5 Å². The van der Waals surface area contributed by atoms with Crippen molar-refractivity contribution in [1.82, 2.24) is 9.55 Å². The van der Waals surface area contributed by atoms with Gasteiger partial charge in [0.25, 0.3) is 0 Å². The minimum absolute atomic E-state index is 0.150. The Balaban J connectivity index is 2.30. The SMILES string of the molecule is Fc1cccc(Cn2ccnc2CCl)c1Cl. The number of imidazole rings is 1. The van der Waals surface area contributed by atoms with Gasteiger partial charge in [0, 0.05) is 12.4 Å². The second-order valence-electron chi connectivity index (χ2n) is 3.32. The molecule has 16 heavy (non-hydrogen) atoms. The Bertz CT molecular complexity index is 496. The molecule has 0 unspecified atom stereocenters. The standard InChI is InChI=1S/C11H9Cl2FN2/c12-6-10-15-4-5-16(10)7-8-2-1-3-9(14)11(8)13/h1-5H,6-7H2. The maximum atomic E-state index is 13.2. The highest BCUT2D eigenvalue weighted by Crippen LogP contribution is 2.21. The summed E-state index contributed by atoms with van der Waals surface area (Å²) in [5, 5.41) is 0.150. The van der Waals surface area contributed by atoms with Crippen molar-refractivity contribution < 1.29 is 4.39 Å². The van der Waals surface area contributed by atoms with Crippen LogP contribution in [0, 0.1) is 5.82 Å². The van der Waals surface area contributed by atoms with Gasteiger partial charge in [-0.3, -0.25) is 0 Å². The number of nitrogens with zero attached hydrogens (tertiary/aromatic N) is 2. The maximum Gasteiger partial charge on any atom is 0.142 e. The first-order chi connectivity index (χ1) is 7.72. The normalized spacial score (nSPS) is 10.7. The molecule has 0 aliphatic carbocycles. The van der Waals surface area contributed by atoms with Crippen LogP contribution in [0.4, 0.5) is 4.39 Å². The predicted octanol–water partition coefficient (Wildman–Crippen LogP) is 3.46. The van der Waals surface area contributed by atoms with Crippen LogP contribution in [0.1, 0.15) is 11.4 Å². The smallest absolute Gasteiger partial charge is 0.142 e. The van der Waals surface area contributed by atoms with Crippen LogP contribution >= 0.6 is 23.2 Å². The molecule has 2 aromatic rings. The lowest BCUT2D eigenvalue weighted by atomic mass is 10.2. The number of hydrogen-bond acceptors (Lipinski definition) is 1. The van der Waals surface area contributed by atoms with Crippen molar-refractivity contribution in [1.29, 1.82) is 0 Å². The van der Waals surface area contributed by atoms with E-state index in [-0.39, 0.29) is 5.02 Å². The van der Waals surface area contributed by atoms with Crippen LogP contribution in [-0.2, 0) is 12.4 Å². The molecule has 0 aliphatic rings. The van der Waals surface area contributed by atoms with Crippen LogP contribution in [0.2, 0.25) is 5.02 Å². The van der Waals surface area contributed by atoms with Crippen molar-refractivity contribution in [2.75, 3.05) is 0 Å². The minimum atomic E-state index is -0.410. The van der Waals surface area contributed by atoms with Crippen LogP contribution in [0.25, 0.3) is 0 Å². The van der Waals surface area contributed by atoms with Gasteiger partial charge >= 0.3 is 0 Å². The third-order valence-electron chi connectivity index (χ3n) is 2.29. The highest BCUT2D eigenvalue weighted by Gasteiger charge is 2.08. The summed E-state index contributed by atoms with van der Waals surface area (Å²) in [5.41, 5.74) is 0.714. The fourth-order valence-corrected chi connectivity index (χ4v) is 1.88. The van der Waals surface area contributed by atoms with Gasteiger partial charge in [-0.1, -0.05) is 23.7 Å². The average molecular weight is 259 g/mol. The predicted molar refractivity (Wildman–Crippen MR) is 62.3 cm³/mol. The molecule has 0 spiro atoms. The zero-order chi connectivity index (χ0) is 11.5. The highest BCUT2D eigenvalue weighted by molar-refractivity contribution is 6.31. The summed E-state index contributed by atoms with van der Waals surface area (Å²) in [5.74, 6) is 0.647. The second kappa shape index (κ2) is 4.85. The molecule has 2 nitrogen and oxygen atoms in total. The molecule has 1 aromatic heterocycles. The van der Waals surface area contributed by atoms with E-state index < -0.39 is 5.82 Å². The summed E-state index contributed by atoms with van der Waals surface area (Å²) in [6.45, 7) is 0.471. The van der Waals surface area contributed by atoms with Gasteiger partial charge in [0.1, 0.15) is 11.6 Å². The minimum Gasteiger partial charge on any atom is -0.329 e. The largest absolute Gasteiger partial charge is 0.329 e. The van der Waals surface area contributed by atoms with Gasteiger partial charge in [0.2, 0.25) is 0 Å². The van der Waals surface area contributed by atoms with E-state index in [1.165, 1.54) is 6.07 Å². The fraction of sp³-hybridized carbons (Fsp3) is 0.182. The number of benzene rings is 1. The molecule has 0 amide bonds. The quantitative estimate of drug-likeness (QED) is 0.772. The summed E-state index contributed by atoms with van der Waals surface area (Å²) in [4.78, 5) is 4.08. The molecule has 0 aliphatic heterocycles. The third kappa shape index (κ3) is 2.20. The highest BCUT2D eigenvalue weighted by atomic mass is 35.5. The summed E-state index contributed by atoms with van der Waals surface area (Å²) < 4.78 is 15.0. The van der Waals surface area contributed by atoms with Crippen LogP contribution in [0.15, 0.2) is 30.6 Å². The molecule has 0 N–H and O–H groups in total. The van der Waals surface area contributed by atoms with Crippen molar-refractivity contribution in [3.63, 3.8) is 0 Å². The Morgan fingerprint density at radius 2 is 2.19 bits per heavy atom. The Labute approximate surface area is 103 Å². The van der Waals surface area contributed by atoms with Crippen LogP contribution in [-0.4, -0.2) is 9.55 Å². The van der Waals surface area contributed by atoms with E-state index in [9.17, 15) is 4.39 Å². The molecule has 0 saturated heterocycles. The zero-order valence-electron chi connectivity index (χ0n) is 8.33. The van der Waals surface area contributed by atoms with Gasteiger partial charge in [-0.2, -0.15) is 0 Å². The number of aromatic nitrogens is 2. The average Bonchev–Trinajstić information content (AvgIpc) is 2.72. The molecular formula is C11H9Cl2FN2. The fourth-order valence-electron chi connectivity index (χ4n) is 1.47. The lowest BCUT2D eigenvalue weighted by molar-refractivity contribution is 0.623. The van der Waals surface area contributed by atoms with Gasteiger partial charge in [-0.05, 0) is 11.6 Å². The molecule has 2 rings (SSSR count). The van der Waals surface area contributed by atoms with Gasteiger partial charge in [-0.15, -0.1) is 11.6 Å². The Kier molecular flexibility index (Phi) is 3.46. The summed E-state index contributed by atoms with van der Waals surface area (Å²) >= 11 is 11.6. The molecule has 0 bridgehead atoms. The first-order valence-electron chi connectivity index (χ1n) is 4.71. The second-order valence-corrected chi connectivity index (χ2v) is 3.96. The van der Waals surface area contributed by atoms with Crippen molar-refractivity contribution >= 4 is 23.2 Å². The zero-order valence-corrected chi connectivity index (χ0v) is 9.84. The molecule has 1 aromatic carbocycles. The molecule has 0 fully saturated rings. The van der Waals surface area contributed by atoms with E-state index in [0.29, 0.717) is 18.0 Å². The van der Waals surface area contributed by atoms with Crippen LogP contribution in [0.5, 0.6) is 0 Å². The Hall–Kier alpha value is -1.06. The molecule has 0 radical (unpaired) electrons. The molecule has 1 heterocycles. The van der Waals surface area contributed by atoms with Gasteiger partial charge < -0.3 is 4.57 Å². The first kappa shape index (κ1) is 11.4. The van der Waals surface area contributed by atoms with E-state index in [1.807, 2.05) is 4.57 Å². The monoisotopic (exact) mass is 258 g/mol. The number of alkyl halides is 1. The third-order valence-corrected chi connectivity index (χ3v) is 2.96. The molecular weight excluding hydrogens is 250 g/mol. The molecule has 5 heteroatoms. The van der Waals surface area contributed by atoms with Gasteiger partial charge in [0.15, 0.2) is 0 Å². The van der Waals surface area contributed by atoms with Crippen molar-refractivity contribution in [3.8, 4) is 0 Å². The number of halogens is 3. The lowest BCUT2D eigenvalue weighted by Gasteiger charge is -2.08. The van der Waals surface area contributed by atoms with Crippen molar-refractivity contribution in [2.24, 2.45) is 0 Å². The van der Waals surface area contributed by atoms with Crippen molar-refractivity contribution in [3.05, 3.63) is 52.8 Å². The summed E-state index contributed by atoms with van der Waals surface area (Å²) in [6, 6.07) is 4.75. The maximum absolute atomic E-state index is 13.2. The number of rotatable bonds is 3. The Morgan fingerprint density at radius 3 is 2.94 bits per heavy atom. The van der Waals surface area contributed by atoms with E-state index in [0.717, 1.165) is 5.82 Å². The summed E-state index contributed by atoms with van der Waals surface area (Å²) in [7, 11) is 0. The first-order valence-corrected chi connectivity index (χ1v) is 5.62. The summed E-state index contributed by atoms with van der Waals surface area (Å²) in [6.07, 6.45) is 3.45. The van der Waals surface area contributed by atoms with E-state index in [2.05, 4.69) is 4.98 Å². The van der Waals surface area contributed by atoms with Crippen LogP contribution in [0.3, 0.4) is 0 Å².